The summed E-state index contributed by atoms with van der Waals surface area (Å²) in [6, 6.07) is 26.7. The zero-order valence-corrected chi connectivity index (χ0v) is 27.5. The fourth-order valence-electron chi connectivity index (χ4n) is 7.63. The van der Waals surface area contributed by atoms with Crippen LogP contribution in [0.25, 0.3) is 11.6 Å². The van der Waals surface area contributed by atoms with Crippen LogP contribution in [0.15, 0.2) is 108 Å². The Balaban J connectivity index is 1.16. The monoisotopic (exact) mass is 673 g/mol. The summed E-state index contributed by atoms with van der Waals surface area (Å²) in [4.78, 5) is 34.0. The molecule has 2 fully saturated rings. The first-order chi connectivity index (χ1) is 24.3. The van der Waals surface area contributed by atoms with E-state index in [-0.39, 0.29) is 24.7 Å². The van der Waals surface area contributed by atoms with Crippen LogP contribution in [0.5, 0.6) is 5.75 Å². The van der Waals surface area contributed by atoms with Gasteiger partial charge < -0.3 is 24.8 Å². The summed E-state index contributed by atoms with van der Waals surface area (Å²) in [5, 5.41) is 24.1. The Morgan fingerprint density at radius 2 is 1.78 bits per heavy atom. The highest BCUT2D eigenvalue weighted by molar-refractivity contribution is 6.43. The normalized spacial score (nSPS) is 22.1. The molecular formula is C39H37BFN3O6. The topological polar surface area (TPSA) is 121 Å². The third-order valence-electron chi connectivity index (χ3n) is 9.80. The molecule has 50 heavy (non-hydrogen) atoms. The van der Waals surface area contributed by atoms with E-state index in [0.29, 0.717) is 36.2 Å². The van der Waals surface area contributed by atoms with Gasteiger partial charge in [0.05, 0.1) is 35.9 Å². The molecule has 3 heterocycles. The second-order valence-corrected chi connectivity index (χ2v) is 12.9. The first-order valence-corrected chi connectivity index (χ1v) is 16.8. The van der Waals surface area contributed by atoms with Crippen LogP contribution >= 0.6 is 0 Å². The molecule has 11 heteroatoms. The van der Waals surface area contributed by atoms with Crippen LogP contribution < -0.4 is 10.2 Å². The molecule has 0 spiro atoms. The van der Waals surface area contributed by atoms with Crippen LogP contribution in [0.1, 0.15) is 30.5 Å². The summed E-state index contributed by atoms with van der Waals surface area (Å²) in [6.07, 6.45) is 4.36. The Hall–Kier alpha value is -5.10. The van der Waals surface area contributed by atoms with Crippen molar-refractivity contribution < 1.29 is 33.5 Å². The first-order valence-electron chi connectivity index (χ1n) is 16.8. The molecule has 4 atom stereocenters. The van der Waals surface area contributed by atoms with Gasteiger partial charge in [0.2, 0.25) is 11.8 Å². The molecule has 2 saturated heterocycles. The van der Waals surface area contributed by atoms with E-state index in [0.717, 1.165) is 28.1 Å². The number of para-hydroxylation sites is 1. The molecule has 3 aliphatic rings. The minimum absolute atomic E-state index is 0.183. The third-order valence-corrected chi connectivity index (χ3v) is 9.80. The molecule has 2 aliphatic heterocycles. The summed E-state index contributed by atoms with van der Waals surface area (Å²) in [7, 11) is 0.463. The lowest BCUT2D eigenvalue weighted by atomic mass is 9.58. The lowest BCUT2D eigenvalue weighted by molar-refractivity contribution is -0.122. The summed E-state index contributed by atoms with van der Waals surface area (Å²) < 4.78 is 26.0. The number of halogens is 1. The fourth-order valence-corrected chi connectivity index (χ4v) is 7.63. The third kappa shape index (κ3) is 6.72. The molecule has 9 nitrogen and oxygen atoms in total. The average Bonchev–Trinajstić information content (AvgIpc) is 3.37. The second-order valence-electron chi connectivity index (χ2n) is 12.9. The number of imide groups is 1. The number of pyridine rings is 1. The van der Waals surface area contributed by atoms with Crippen molar-refractivity contribution in [1.82, 2.24) is 4.98 Å². The number of allylic oxidation sites excluding steroid dienone is 1. The standard InChI is InChI=1S/C39H37BFN3O6/c1-49-23-26-21-30-37(39(47)44(38(30)46)29-14-12-28(13-15-29)43-27-7-3-2-4-8-27)31-22-40(48)50-35(36(26)31)17-11-25(33-9-5-6-18-42-33)19-24-10-16-34(45)32(41)20-24/h2-10,12-16,18-20,30-31,35,37,43,45,48H,11,17,21-23H2,1H3/b25-19-/t30-,31+,35-,37-/m1/s1. The van der Waals surface area contributed by atoms with E-state index in [4.69, 9.17) is 9.39 Å². The maximum Gasteiger partial charge on any atom is 0.455 e. The van der Waals surface area contributed by atoms with Crippen LogP contribution in [-0.2, 0) is 19.0 Å². The number of hydrogen-bond donors (Lipinski definition) is 3. The molecule has 1 aromatic heterocycles. The van der Waals surface area contributed by atoms with Crippen molar-refractivity contribution >= 4 is 47.6 Å². The molecule has 0 radical (unpaired) electrons. The molecule has 2 amide bonds. The van der Waals surface area contributed by atoms with Gasteiger partial charge in [-0.15, -0.1) is 0 Å². The van der Waals surface area contributed by atoms with Crippen LogP contribution in [0.4, 0.5) is 21.5 Å². The van der Waals surface area contributed by atoms with Crippen molar-refractivity contribution in [2.75, 3.05) is 23.9 Å². The van der Waals surface area contributed by atoms with Gasteiger partial charge >= 0.3 is 7.12 Å². The van der Waals surface area contributed by atoms with Crippen molar-refractivity contribution in [1.29, 1.82) is 0 Å². The molecule has 254 valence electrons. The van der Waals surface area contributed by atoms with E-state index in [2.05, 4.69) is 10.3 Å². The highest BCUT2D eigenvalue weighted by atomic mass is 19.1. The largest absolute Gasteiger partial charge is 0.505 e. The summed E-state index contributed by atoms with van der Waals surface area (Å²) in [5.41, 5.74) is 6.12. The Kier molecular flexibility index (Phi) is 9.62. The molecular weight excluding hydrogens is 636 g/mol. The number of hydrogen-bond acceptors (Lipinski definition) is 8. The average molecular weight is 674 g/mol. The smallest absolute Gasteiger partial charge is 0.455 e. The zero-order chi connectivity index (χ0) is 34.8. The van der Waals surface area contributed by atoms with Gasteiger partial charge in [0.15, 0.2) is 11.6 Å². The van der Waals surface area contributed by atoms with Crippen LogP contribution in [0, 0.1) is 23.6 Å². The van der Waals surface area contributed by atoms with Gasteiger partial charge in [0.1, 0.15) is 0 Å². The maximum absolute atomic E-state index is 14.2. The van der Waals surface area contributed by atoms with Crippen molar-refractivity contribution in [2.45, 2.75) is 31.7 Å². The minimum Gasteiger partial charge on any atom is -0.505 e. The van der Waals surface area contributed by atoms with Gasteiger partial charge in [0.25, 0.3) is 0 Å². The van der Waals surface area contributed by atoms with E-state index in [1.807, 2.05) is 66.7 Å². The summed E-state index contributed by atoms with van der Waals surface area (Å²) in [6.45, 7) is 0.266. The number of fused-ring (bicyclic) bond motifs is 3. The molecule has 0 bridgehead atoms. The number of phenolic OH excluding ortho intramolecular Hbond substituents is 1. The number of nitrogens with one attached hydrogen (secondary N) is 1. The Labute approximate surface area is 290 Å². The van der Waals surface area contributed by atoms with E-state index in [1.54, 1.807) is 31.5 Å². The number of aromatic nitrogens is 1. The van der Waals surface area contributed by atoms with Crippen molar-refractivity contribution in [2.24, 2.45) is 17.8 Å². The van der Waals surface area contributed by atoms with Gasteiger partial charge in [-0.3, -0.25) is 19.5 Å². The Bertz CT molecular complexity index is 1940. The van der Waals surface area contributed by atoms with Gasteiger partial charge in [-0.25, -0.2) is 4.39 Å². The van der Waals surface area contributed by atoms with E-state index < -0.39 is 42.5 Å². The molecule has 4 aromatic rings. The predicted octanol–water partition coefficient (Wildman–Crippen LogP) is 6.64. The number of anilines is 3. The number of ether oxygens (including phenoxy) is 1. The van der Waals surface area contributed by atoms with Crippen molar-refractivity contribution in [3.63, 3.8) is 0 Å². The van der Waals surface area contributed by atoms with Gasteiger partial charge in [0, 0.05) is 24.7 Å². The first kappa shape index (κ1) is 33.4. The van der Waals surface area contributed by atoms with Crippen LogP contribution in [0.3, 0.4) is 0 Å². The second kappa shape index (κ2) is 14.4. The summed E-state index contributed by atoms with van der Waals surface area (Å²) >= 11 is 0. The number of phenols is 1. The van der Waals surface area contributed by atoms with Crippen molar-refractivity contribution in [3.05, 3.63) is 125 Å². The van der Waals surface area contributed by atoms with Crippen molar-refractivity contribution in [3.8, 4) is 5.75 Å². The Morgan fingerprint density at radius 3 is 2.50 bits per heavy atom. The van der Waals surface area contributed by atoms with Crippen LogP contribution in [-0.4, -0.2) is 53.9 Å². The van der Waals surface area contributed by atoms with Gasteiger partial charge in [-0.1, -0.05) is 30.3 Å². The predicted molar refractivity (Wildman–Crippen MR) is 190 cm³/mol. The molecule has 3 N–H and O–H groups in total. The van der Waals surface area contributed by atoms with Gasteiger partial charge in [-0.05, 0) is 121 Å². The summed E-state index contributed by atoms with van der Waals surface area (Å²) in [5.74, 6) is -3.33. The maximum atomic E-state index is 14.2. The lowest BCUT2D eigenvalue weighted by Crippen LogP contribution is -2.46. The molecule has 0 saturated carbocycles. The number of aromatic hydroxyl groups is 1. The number of nitrogens with zero attached hydrogens (tertiary/aromatic N) is 2. The number of rotatable bonds is 10. The number of methoxy groups -OCH3 is 1. The van der Waals surface area contributed by atoms with Gasteiger partial charge in [-0.2, -0.15) is 0 Å². The number of benzene rings is 3. The minimum atomic E-state index is -1.13. The van der Waals surface area contributed by atoms with E-state index >= 15 is 0 Å². The Morgan fingerprint density at radius 1 is 1.02 bits per heavy atom. The zero-order valence-electron chi connectivity index (χ0n) is 27.5. The number of carbonyl (C=O) groups is 2. The number of carbonyl (C=O) groups excluding carboxylic acids is 2. The number of amides is 2. The molecule has 3 aromatic carbocycles. The SMILES string of the molecule is COCC1=C2[C@@H](CC/C(=C/c3ccc(O)c(F)c3)c3ccccn3)OB(O)C[C@@H]2[C@@H]2C(=O)N(c3ccc(Nc4ccccc4)cc3)C(=O)[C@@H]2C1. The molecule has 0 unspecified atom stereocenters. The quantitative estimate of drug-likeness (QED) is 0.0974. The lowest BCUT2D eigenvalue weighted by Gasteiger charge is -2.43. The van der Waals surface area contributed by atoms with E-state index in [1.165, 1.54) is 17.0 Å². The fraction of sp³-hybridized carbons (Fsp3) is 0.256. The van der Waals surface area contributed by atoms with Crippen LogP contribution in [0.2, 0.25) is 6.32 Å². The van der Waals surface area contributed by atoms with E-state index in [9.17, 15) is 24.1 Å². The highest BCUT2D eigenvalue weighted by Crippen LogP contribution is 2.51. The highest BCUT2D eigenvalue weighted by Gasteiger charge is 2.57. The molecule has 1 aliphatic carbocycles. The molecule has 7 rings (SSSR count).